The minimum absolute atomic E-state index is 0.359. The summed E-state index contributed by atoms with van der Waals surface area (Å²) in [7, 11) is -0.269. The van der Waals surface area contributed by atoms with Crippen molar-refractivity contribution in [2.24, 2.45) is 7.05 Å². The van der Waals surface area contributed by atoms with Gasteiger partial charge in [-0.15, -0.1) is 5.10 Å². The summed E-state index contributed by atoms with van der Waals surface area (Å²) in [4.78, 5) is 8.69. The van der Waals surface area contributed by atoms with Crippen molar-refractivity contribution < 1.29 is 22.6 Å². The number of aryl methyl sites for hydroxylation is 1. The lowest BCUT2D eigenvalue weighted by atomic mass is 10.1. The Morgan fingerprint density at radius 2 is 1.91 bits per heavy atom. The van der Waals surface area contributed by atoms with Gasteiger partial charge in [0.2, 0.25) is 11.8 Å². The standard InChI is InChI=1S/C22H23BrN6O5S/c1-5-14-11-26-28(2)22(14)34-8-6-7-33-19-13-25-20(32-3)10-15(19)17-9-16-18(12-24-17)29(27-21(16)23)35(4,30)31/h5,9-13H,1,6-8H2,2-4H3. The minimum Gasteiger partial charge on any atom is -0.491 e. The summed E-state index contributed by atoms with van der Waals surface area (Å²) in [6, 6.07) is 3.44. The molecule has 0 saturated heterocycles. The van der Waals surface area contributed by atoms with E-state index in [1.807, 2.05) is 0 Å². The first kappa shape index (κ1) is 24.7. The van der Waals surface area contributed by atoms with Crippen LogP contribution < -0.4 is 14.2 Å². The highest BCUT2D eigenvalue weighted by atomic mass is 79.9. The third-order valence-electron chi connectivity index (χ3n) is 5.05. The van der Waals surface area contributed by atoms with Gasteiger partial charge in [-0.25, -0.2) is 18.1 Å². The van der Waals surface area contributed by atoms with Gasteiger partial charge in [-0.05, 0) is 22.0 Å². The number of halogens is 1. The molecule has 0 atom stereocenters. The number of hydrogen-bond acceptors (Lipinski definition) is 9. The number of methoxy groups -OCH3 is 1. The first-order valence-corrected chi connectivity index (χ1v) is 13.1. The topological polar surface area (TPSA) is 123 Å². The Labute approximate surface area is 210 Å². The Bertz CT molecular complexity index is 1500. The van der Waals surface area contributed by atoms with E-state index in [9.17, 15) is 8.42 Å². The highest BCUT2D eigenvalue weighted by Gasteiger charge is 2.19. The number of ether oxygens (including phenoxy) is 3. The Morgan fingerprint density at radius 3 is 2.63 bits per heavy atom. The normalized spacial score (nSPS) is 11.5. The molecule has 184 valence electrons. The highest BCUT2D eigenvalue weighted by Crippen LogP contribution is 2.34. The number of aromatic nitrogens is 6. The Balaban J connectivity index is 1.55. The van der Waals surface area contributed by atoms with Crippen molar-refractivity contribution in [3.8, 4) is 28.8 Å². The minimum atomic E-state index is -3.59. The van der Waals surface area contributed by atoms with Gasteiger partial charge >= 0.3 is 0 Å². The van der Waals surface area contributed by atoms with Gasteiger partial charge in [-0.2, -0.15) is 9.19 Å². The predicted molar refractivity (Wildman–Crippen MR) is 134 cm³/mol. The molecule has 0 aliphatic carbocycles. The maximum atomic E-state index is 12.0. The smallest absolute Gasteiger partial charge is 0.251 e. The van der Waals surface area contributed by atoms with Crippen molar-refractivity contribution in [3.05, 3.63) is 47.5 Å². The molecule has 0 aromatic carbocycles. The van der Waals surface area contributed by atoms with E-state index < -0.39 is 10.0 Å². The summed E-state index contributed by atoms with van der Waals surface area (Å²) < 4.78 is 44.1. The van der Waals surface area contributed by atoms with Crippen LogP contribution in [-0.4, -0.2) is 63.9 Å². The summed E-state index contributed by atoms with van der Waals surface area (Å²) in [6.07, 6.45) is 8.08. The molecule has 0 amide bonds. The maximum Gasteiger partial charge on any atom is 0.251 e. The van der Waals surface area contributed by atoms with Crippen LogP contribution in [0.3, 0.4) is 0 Å². The largest absolute Gasteiger partial charge is 0.491 e. The quantitative estimate of drug-likeness (QED) is 0.268. The second kappa shape index (κ2) is 10.0. The lowest BCUT2D eigenvalue weighted by Gasteiger charge is -2.13. The van der Waals surface area contributed by atoms with Crippen molar-refractivity contribution in [1.29, 1.82) is 0 Å². The lowest BCUT2D eigenvalue weighted by Crippen LogP contribution is -2.11. The Morgan fingerprint density at radius 1 is 1.14 bits per heavy atom. The van der Waals surface area contributed by atoms with E-state index in [0.29, 0.717) is 63.9 Å². The number of fused-ring (bicyclic) bond motifs is 1. The summed E-state index contributed by atoms with van der Waals surface area (Å²) in [5.41, 5.74) is 2.36. The van der Waals surface area contributed by atoms with Crippen LogP contribution in [0.2, 0.25) is 0 Å². The van der Waals surface area contributed by atoms with Gasteiger partial charge in [-0.3, -0.25) is 4.98 Å². The molecular weight excluding hydrogens is 540 g/mol. The fourth-order valence-corrected chi connectivity index (χ4v) is 4.69. The Kier molecular flexibility index (Phi) is 7.08. The first-order chi connectivity index (χ1) is 16.7. The van der Waals surface area contributed by atoms with Crippen LogP contribution in [-0.2, 0) is 17.1 Å². The van der Waals surface area contributed by atoms with Crippen LogP contribution in [0.4, 0.5) is 0 Å². The third-order valence-corrected chi connectivity index (χ3v) is 6.54. The monoisotopic (exact) mass is 562 g/mol. The number of rotatable bonds is 10. The van der Waals surface area contributed by atoms with E-state index in [4.69, 9.17) is 14.2 Å². The van der Waals surface area contributed by atoms with Gasteiger partial charge < -0.3 is 14.2 Å². The van der Waals surface area contributed by atoms with Crippen LogP contribution in [0.5, 0.6) is 17.5 Å². The van der Waals surface area contributed by atoms with Gasteiger partial charge in [0.1, 0.15) is 15.9 Å². The van der Waals surface area contributed by atoms with Gasteiger partial charge in [0.25, 0.3) is 10.0 Å². The molecule has 11 nitrogen and oxygen atoms in total. The molecule has 0 aliphatic rings. The number of hydrogen-bond donors (Lipinski definition) is 0. The summed E-state index contributed by atoms with van der Waals surface area (Å²) in [5, 5.41) is 8.82. The van der Waals surface area contributed by atoms with Crippen LogP contribution in [0.15, 0.2) is 41.9 Å². The SMILES string of the molecule is C=Cc1cnn(C)c1OCCCOc1cnc(OC)cc1-c1cc2c(Br)nn(S(C)(=O)=O)c2cn1. The second-order valence-corrected chi connectivity index (χ2v) is 10.1. The molecule has 0 N–H and O–H groups in total. The average Bonchev–Trinajstić information content (AvgIpc) is 3.37. The molecular formula is C22H23BrN6O5S. The molecule has 0 bridgehead atoms. The van der Waals surface area contributed by atoms with Crippen molar-refractivity contribution in [3.63, 3.8) is 0 Å². The fourth-order valence-electron chi connectivity index (χ4n) is 3.37. The van der Waals surface area contributed by atoms with E-state index >= 15 is 0 Å². The van der Waals surface area contributed by atoms with Crippen molar-refractivity contribution in [2.45, 2.75) is 6.42 Å². The van der Waals surface area contributed by atoms with Crippen molar-refractivity contribution >= 4 is 42.9 Å². The van der Waals surface area contributed by atoms with Crippen molar-refractivity contribution in [1.82, 2.24) is 28.9 Å². The maximum absolute atomic E-state index is 12.0. The van der Waals surface area contributed by atoms with Gasteiger partial charge in [0.15, 0.2) is 0 Å². The lowest BCUT2D eigenvalue weighted by molar-refractivity contribution is 0.235. The molecule has 0 unspecified atom stereocenters. The molecule has 4 heterocycles. The summed E-state index contributed by atoms with van der Waals surface area (Å²) in [6.45, 7) is 4.54. The van der Waals surface area contributed by atoms with E-state index in [1.54, 1.807) is 42.3 Å². The third kappa shape index (κ3) is 5.15. The van der Waals surface area contributed by atoms with Crippen LogP contribution in [0.25, 0.3) is 28.2 Å². The number of nitrogens with zero attached hydrogens (tertiary/aromatic N) is 6. The number of pyridine rings is 2. The van der Waals surface area contributed by atoms with Crippen LogP contribution >= 0.6 is 15.9 Å². The molecule has 4 aromatic heterocycles. The zero-order chi connectivity index (χ0) is 25.2. The molecule has 4 aromatic rings. The van der Waals surface area contributed by atoms with E-state index in [2.05, 4.69) is 42.7 Å². The average molecular weight is 563 g/mol. The second-order valence-electron chi connectivity index (χ2n) is 7.49. The van der Waals surface area contributed by atoms with E-state index in [0.717, 1.165) is 15.9 Å². The molecule has 0 fully saturated rings. The zero-order valence-corrected chi connectivity index (χ0v) is 21.7. The molecule has 0 radical (unpaired) electrons. The van der Waals surface area contributed by atoms with Crippen LogP contribution in [0.1, 0.15) is 12.0 Å². The van der Waals surface area contributed by atoms with Gasteiger partial charge in [-0.1, -0.05) is 12.7 Å². The molecule has 13 heteroatoms. The molecule has 0 saturated carbocycles. The zero-order valence-electron chi connectivity index (χ0n) is 19.3. The van der Waals surface area contributed by atoms with Gasteiger partial charge in [0, 0.05) is 30.5 Å². The fraction of sp³-hybridized carbons (Fsp3) is 0.273. The Hall–Kier alpha value is -3.45. The molecule has 35 heavy (non-hydrogen) atoms. The summed E-state index contributed by atoms with van der Waals surface area (Å²) >= 11 is 3.34. The van der Waals surface area contributed by atoms with Crippen molar-refractivity contribution in [2.75, 3.05) is 26.6 Å². The predicted octanol–water partition coefficient (Wildman–Crippen LogP) is 3.30. The highest BCUT2D eigenvalue weighted by molar-refractivity contribution is 9.10. The molecule has 0 aliphatic heterocycles. The molecule has 4 rings (SSSR count). The summed E-state index contributed by atoms with van der Waals surface area (Å²) in [5.74, 6) is 1.53. The van der Waals surface area contributed by atoms with E-state index in [-0.39, 0.29) is 0 Å². The molecule has 0 spiro atoms. The van der Waals surface area contributed by atoms with E-state index in [1.165, 1.54) is 13.3 Å². The van der Waals surface area contributed by atoms with Gasteiger partial charge in [0.05, 0.1) is 56.4 Å². The first-order valence-electron chi connectivity index (χ1n) is 10.4. The van der Waals surface area contributed by atoms with Crippen LogP contribution in [0, 0.1) is 0 Å².